The number of hydrogen-bond acceptors (Lipinski definition) is 6. The number of aromatic nitrogens is 2. The maximum Gasteiger partial charge on any atom is 0.220 e. The summed E-state index contributed by atoms with van der Waals surface area (Å²) >= 11 is 0. The van der Waals surface area contributed by atoms with Crippen molar-refractivity contribution in [2.45, 2.75) is 39.2 Å². The van der Waals surface area contributed by atoms with E-state index in [1.807, 2.05) is 30.3 Å². The van der Waals surface area contributed by atoms with Crippen molar-refractivity contribution in [2.75, 3.05) is 37.0 Å². The molecule has 2 N–H and O–H groups in total. The van der Waals surface area contributed by atoms with E-state index in [0.717, 1.165) is 61.8 Å². The molecule has 1 aromatic heterocycles. The number of hydrogen-bond donors (Lipinski definition) is 2. The van der Waals surface area contributed by atoms with E-state index in [9.17, 15) is 4.79 Å². The van der Waals surface area contributed by atoms with Gasteiger partial charge in [-0.25, -0.2) is 9.97 Å². The van der Waals surface area contributed by atoms with E-state index in [-0.39, 0.29) is 5.91 Å². The lowest BCUT2D eigenvalue weighted by Crippen LogP contribution is -2.36. The SMILES string of the molecule is CCNc1cc(N2CCC[C@@H](CCC(=O)NCc3ccc(OC)cc3)C2)ncn1. The van der Waals surface area contributed by atoms with Gasteiger partial charge in [0.1, 0.15) is 23.7 Å². The second-order valence-electron chi connectivity index (χ2n) is 7.41. The van der Waals surface area contributed by atoms with Crippen LogP contribution in [-0.2, 0) is 11.3 Å². The minimum Gasteiger partial charge on any atom is -0.497 e. The third kappa shape index (κ3) is 6.34. The maximum absolute atomic E-state index is 12.3. The highest BCUT2D eigenvalue weighted by molar-refractivity contribution is 5.75. The number of piperidine rings is 1. The molecule has 1 aliphatic rings. The van der Waals surface area contributed by atoms with Gasteiger partial charge in [-0.05, 0) is 49.8 Å². The first-order chi connectivity index (χ1) is 14.2. The Labute approximate surface area is 172 Å². The molecular formula is C22H31N5O2. The van der Waals surface area contributed by atoms with Crippen molar-refractivity contribution in [2.24, 2.45) is 5.92 Å². The first kappa shape index (κ1) is 20.9. The van der Waals surface area contributed by atoms with Crippen molar-refractivity contribution < 1.29 is 9.53 Å². The monoisotopic (exact) mass is 397 g/mol. The van der Waals surface area contributed by atoms with E-state index in [0.29, 0.717) is 18.9 Å². The molecule has 2 aromatic rings. The Hall–Kier alpha value is -2.83. The average Bonchev–Trinajstić information content (AvgIpc) is 2.77. The zero-order valence-electron chi connectivity index (χ0n) is 17.4. The third-order valence-corrected chi connectivity index (χ3v) is 5.28. The highest BCUT2D eigenvalue weighted by Crippen LogP contribution is 2.25. The van der Waals surface area contributed by atoms with E-state index in [4.69, 9.17) is 4.74 Å². The number of carbonyl (C=O) groups excluding carboxylic acids is 1. The van der Waals surface area contributed by atoms with Crippen molar-refractivity contribution in [3.63, 3.8) is 0 Å². The van der Waals surface area contributed by atoms with Gasteiger partial charge in [-0.15, -0.1) is 0 Å². The fourth-order valence-electron chi connectivity index (χ4n) is 3.67. The number of rotatable bonds is 9. The van der Waals surface area contributed by atoms with Gasteiger partial charge in [0, 0.05) is 38.7 Å². The number of methoxy groups -OCH3 is 1. The first-order valence-electron chi connectivity index (χ1n) is 10.4. The highest BCUT2D eigenvalue weighted by Gasteiger charge is 2.22. The molecule has 1 atom stereocenters. The molecule has 1 aromatic carbocycles. The lowest BCUT2D eigenvalue weighted by atomic mass is 9.93. The standard InChI is InChI=1S/C22H31N5O2/c1-3-23-20-13-21(26-16-25-20)27-12-4-5-18(15-27)8-11-22(28)24-14-17-6-9-19(29-2)10-7-17/h6-7,9-10,13,16,18H,3-5,8,11-12,14-15H2,1-2H3,(H,24,28)(H,23,25,26)/t18-/m0/s1. The van der Waals surface area contributed by atoms with Crippen molar-refractivity contribution in [1.82, 2.24) is 15.3 Å². The molecule has 29 heavy (non-hydrogen) atoms. The Balaban J connectivity index is 1.44. The number of benzene rings is 1. The van der Waals surface area contributed by atoms with Gasteiger partial charge in [-0.1, -0.05) is 12.1 Å². The zero-order valence-corrected chi connectivity index (χ0v) is 17.4. The zero-order chi connectivity index (χ0) is 20.5. The summed E-state index contributed by atoms with van der Waals surface area (Å²) in [6.07, 6.45) is 5.35. The number of carbonyl (C=O) groups is 1. The number of nitrogens with one attached hydrogen (secondary N) is 2. The summed E-state index contributed by atoms with van der Waals surface area (Å²) in [6, 6.07) is 9.77. The van der Waals surface area contributed by atoms with Crippen molar-refractivity contribution in [1.29, 1.82) is 0 Å². The molecule has 3 rings (SSSR count). The number of anilines is 2. The Kier molecular flexibility index (Phi) is 7.67. The molecule has 2 heterocycles. The Bertz CT molecular complexity index is 781. The first-order valence-corrected chi connectivity index (χ1v) is 10.4. The lowest BCUT2D eigenvalue weighted by Gasteiger charge is -2.33. The summed E-state index contributed by atoms with van der Waals surface area (Å²) in [6.45, 7) is 5.38. The fraction of sp³-hybridized carbons (Fsp3) is 0.500. The Morgan fingerprint density at radius 2 is 2.10 bits per heavy atom. The van der Waals surface area contributed by atoms with Gasteiger partial charge in [0.25, 0.3) is 0 Å². The van der Waals surface area contributed by atoms with Crippen LogP contribution in [0.3, 0.4) is 0 Å². The van der Waals surface area contributed by atoms with Crippen molar-refractivity contribution in [3.05, 3.63) is 42.2 Å². The summed E-state index contributed by atoms with van der Waals surface area (Å²) in [5.74, 6) is 3.26. The average molecular weight is 398 g/mol. The second kappa shape index (κ2) is 10.6. The van der Waals surface area contributed by atoms with Gasteiger partial charge in [0.05, 0.1) is 7.11 Å². The van der Waals surface area contributed by atoms with Crippen LogP contribution >= 0.6 is 0 Å². The third-order valence-electron chi connectivity index (χ3n) is 5.28. The van der Waals surface area contributed by atoms with E-state index in [1.165, 1.54) is 0 Å². The maximum atomic E-state index is 12.3. The molecule has 0 bridgehead atoms. The molecule has 1 saturated heterocycles. The minimum atomic E-state index is 0.106. The Morgan fingerprint density at radius 1 is 1.28 bits per heavy atom. The minimum absolute atomic E-state index is 0.106. The van der Waals surface area contributed by atoms with Crippen LogP contribution in [0.15, 0.2) is 36.7 Å². The van der Waals surface area contributed by atoms with Crippen molar-refractivity contribution in [3.8, 4) is 5.75 Å². The van der Waals surface area contributed by atoms with E-state index >= 15 is 0 Å². The molecule has 156 valence electrons. The molecule has 0 spiro atoms. The van der Waals surface area contributed by atoms with Crippen LogP contribution in [0.5, 0.6) is 5.75 Å². The van der Waals surface area contributed by atoms with Gasteiger partial charge in [0.2, 0.25) is 5.91 Å². The predicted octanol–water partition coefficient (Wildman–Crippen LogP) is 3.23. The molecule has 1 fully saturated rings. The molecule has 0 radical (unpaired) electrons. The van der Waals surface area contributed by atoms with Crippen LogP contribution in [0.4, 0.5) is 11.6 Å². The second-order valence-corrected chi connectivity index (χ2v) is 7.41. The summed E-state index contributed by atoms with van der Waals surface area (Å²) in [5.41, 5.74) is 1.07. The van der Waals surface area contributed by atoms with Crippen LogP contribution in [0, 0.1) is 5.92 Å². The molecule has 1 aliphatic heterocycles. The Morgan fingerprint density at radius 3 is 2.86 bits per heavy atom. The molecule has 0 aliphatic carbocycles. The van der Waals surface area contributed by atoms with Crippen LogP contribution in [-0.4, -0.2) is 42.6 Å². The topological polar surface area (TPSA) is 79.4 Å². The largest absolute Gasteiger partial charge is 0.497 e. The normalized spacial score (nSPS) is 16.3. The van der Waals surface area contributed by atoms with Gasteiger partial charge in [-0.3, -0.25) is 4.79 Å². The summed E-state index contributed by atoms with van der Waals surface area (Å²) in [5, 5.41) is 6.25. The van der Waals surface area contributed by atoms with Gasteiger partial charge < -0.3 is 20.3 Å². The molecular weight excluding hydrogens is 366 g/mol. The quantitative estimate of drug-likeness (QED) is 0.676. The van der Waals surface area contributed by atoms with E-state index in [1.54, 1.807) is 13.4 Å². The summed E-state index contributed by atoms with van der Waals surface area (Å²) in [4.78, 5) is 23.3. The van der Waals surface area contributed by atoms with Crippen molar-refractivity contribution >= 4 is 17.5 Å². The van der Waals surface area contributed by atoms with Crippen LogP contribution < -0.4 is 20.3 Å². The summed E-state index contributed by atoms with van der Waals surface area (Å²) in [7, 11) is 1.65. The number of ether oxygens (including phenoxy) is 1. The molecule has 7 heteroatoms. The molecule has 0 unspecified atom stereocenters. The van der Waals surface area contributed by atoms with Gasteiger partial charge in [-0.2, -0.15) is 0 Å². The van der Waals surface area contributed by atoms with Crippen LogP contribution in [0.2, 0.25) is 0 Å². The van der Waals surface area contributed by atoms with Gasteiger partial charge in [0.15, 0.2) is 0 Å². The molecule has 7 nitrogen and oxygen atoms in total. The number of amides is 1. The number of nitrogens with zero attached hydrogens (tertiary/aromatic N) is 3. The fourth-order valence-corrected chi connectivity index (χ4v) is 3.67. The molecule has 0 saturated carbocycles. The van der Waals surface area contributed by atoms with E-state index in [2.05, 4.69) is 32.4 Å². The van der Waals surface area contributed by atoms with E-state index < -0.39 is 0 Å². The van der Waals surface area contributed by atoms with Crippen LogP contribution in [0.1, 0.15) is 38.2 Å². The van der Waals surface area contributed by atoms with Crippen LogP contribution in [0.25, 0.3) is 0 Å². The predicted molar refractivity (Wildman–Crippen MR) is 115 cm³/mol. The van der Waals surface area contributed by atoms with Gasteiger partial charge >= 0.3 is 0 Å². The lowest BCUT2D eigenvalue weighted by molar-refractivity contribution is -0.121. The smallest absolute Gasteiger partial charge is 0.220 e. The highest BCUT2D eigenvalue weighted by atomic mass is 16.5. The molecule has 1 amide bonds. The summed E-state index contributed by atoms with van der Waals surface area (Å²) < 4.78 is 5.16.